The van der Waals surface area contributed by atoms with Crippen LogP contribution in [0.15, 0.2) is 18.2 Å². The van der Waals surface area contributed by atoms with Crippen LogP contribution in [0, 0.1) is 16.4 Å². The Labute approximate surface area is 276 Å². The number of carbonyl (C=O) groups is 3. The van der Waals surface area contributed by atoms with E-state index in [0.717, 1.165) is 11.1 Å². The molecule has 0 unspecified atom stereocenters. The number of methoxy groups -OCH3 is 1. The van der Waals surface area contributed by atoms with Crippen LogP contribution < -0.4 is 21.1 Å². The molecule has 252 valence electrons. The van der Waals surface area contributed by atoms with Crippen molar-refractivity contribution in [2.45, 2.75) is 77.8 Å². The molecule has 0 radical (unpaired) electrons. The van der Waals surface area contributed by atoms with Crippen LogP contribution >= 0.6 is 12.2 Å². The maximum absolute atomic E-state index is 14.9. The molecule has 5 rings (SSSR count). The zero-order chi connectivity index (χ0) is 34.2. The number of carbonyl (C=O) groups excluding carboxylic acids is 3. The van der Waals surface area contributed by atoms with Crippen LogP contribution in [0.5, 0.6) is 5.75 Å². The lowest BCUT2D eigenvalue weighted by Crippen LogP contribution is -2.51. The Kier molecular flexibility index (Phi) is 9.96. The number of nitrogens with one attached hydrogen (secondary N) is 2. The van der Waals surface area contributed by atoms with Crippen LogP contribution in [0.3, 0.4) is 0 Å². The van der Waals surface area contributed by atoms with Gasteiger partial charge < -0.3 is 40.3 Å². The van der Waals surface area contributed by atoms with E-state index in [4.69, 9.17) is 37.1 Å². The number of hydrogen-bond donors (Lipinski definition) is 4. The number of cyclic esters (lactones) is 1. The zero-order valence-electron chi connectivity index (χ0n) is 27.1. The molecule has 4 heterocycles. The molecular formula is C33H40FN5O7S. The van der Waals surface area contributed by atoms with Crippen molar-refractivity contribution < 1.29 is 38.1 Å². The van der Waals surface area contributed by atoms with Gasteiger partial charge in [0.2, 0.25) is 11.8 Å². The standard InChI is InChI=1S/C33H40FN5O7S/c1-6-33(43)22-11-25-28-20(13-39(25)31(47)21(22)14-46-32(33)42)18(19-10-26(44-5)23(34)12-24(19)38-28)8-7-9-45-15-36-29(40)17(4)37-30(41)27(35)16(2)3/h10-12,16-17,27,43H,6-9,13-15,35H2,1-5H3,(H,36,40)(H,37,41)/t17-,27-,33-/m0/s1. The molecule has 0 bridgehead atoms. The number of nitrogens with zero attached hydrogens (tertiary/aromatic N) is 2. The minimum absolute atomic E-state index is 0.0406. The number of benzene rings is 1. The summed E-state index contributed by atoms with van der Waals surface area (Å²) >= 11 is 5.84. The predicted molar refractivity (Wildman–Crippen MR) is 173 cm³/mol. The smallest absolute Gasteiger partial charge is 0.343 e. The van der Waals surface area contributed by atoms with Gasteiger partial charge in [-0.15, -0.1) is 0 Å². The van der Waals surface area contributed by atoms with Gasteiger partial charge in [0.15, 0.2) is 17.2 Å². The Morgan fingerprint density at radius 3 is 2.66 bits per heavy atom. The van der Waals surface area contributed by atoms with E-state index in [1.807, 2.05) is 18.4 Å². The monoisotopic (exact) mass is 669 g/mol. The number of rotatable bonds is 12. The van der Waals surface area contributed by atoms with Crippen LogP contribution in [-0.2, 0) is 49.0 Å². The number of nitrogens with two attached hydrogens (primary N) is 1. The zero-order valence-corrected chi connectivity index (χ0v) is 27.9. The topological polar surface area (TPSA) is 167 Å². The molecule has 2 amide bonds. The van der Waals surface area contributed by atoms with Crippen molar-refractivity contribution in [2.75, 3.05) is 20.4 Å². The van der Waals surface area contributed by atoms with Gasteiger partial charge in [0, 0.05) is 34.7 Å². The van der Waals surface area contributed by atoms with Crippen LogP contribution in [0.4, 0.5) is 4.39 Å². The van der Waals surface area contributed by atoms with E-state index in [1.54, 1.807) is 26.0 Å². The molecule has 1 aromatic carbocycles. The third-order valence-corrected chi connectivity index (χ3v) is 9.38. The van der Waals surface area contributed by atoms with Crippen LogP contribution in [-0.4, -0.2) is 65.0 Å². The van der Waals surface area contributed by atoms with E-state index in [0.29, 0.717) is 64.1 Å². The van der Waals surface area contributed by atoms with Gasteiger partial charge in [-0.25, -0.2) is 14.2 Å². The quantitative estimate of drug-likeness (QED) is 0.0762. The Morgan fingerprint density at radius 1 is 1.23 bits per heavy atom. The lowest BCUT2D eigenvalue weighted by molar-refractivity contribution is -0.172. The second kappa shape index (κ2) is 13.6. The lowest BCUT2D eigenvalue weighted by atomic mass is 9.86. The summed E-state index contributed by atoms with van der Waals surface area (Å²) in [5, 5.41) is 17.3. The molecule has 47 heavy (non-hydrogen) atoms. The average molecular weight is 670 g/mol. The second-order valence-electron chi connectivity index (χ2n) is 12.2. The van der Waals surface area contributed by atoms with Gasteiger partial charge in [0.05, 0.1) is 36.6 Å². The van der Waals surface area contributed by atoms with Crippen molar-refractivity contribution in [3.8, 4) is 17.1 Å². The SMILES string of the molecule is CC[C@@]1(O)C(=O)OCc2c1cc1n(c2=S)Cc2c-1nc1cc(F)c(OC)cc1c2CCCOCNC(=O)[C@H](C)NC(=O)[C@@H](N)C(C)C. The van der Waals surface area contributed by atoms with Crippen LogP contribution in [0.1, 0.15) is 62.8 Å². The number of amides is 2. The number of pyridine rings is 2. The first-order chi connectivity index (χ1) is 22.3. The van der Waals surface area contributed by atoms with Gasteiger partial charge in [0.1, 0.15) is 24.0 Å². The molecule has 0 spiro atoms. The Bertz CT molecular complexity index is 1810. The normalized spacial score (nSPS) is 17.9. The molecule has 2 aliphatic rings. The molecular weight excluding hydrogens is 629 g/mol. The van der Waals surface area contributed by atoms with Gasteiger partial charge in [0.25, 0.3) is 0 Å². The number of aromatic nitrogens is 2. The molecule has 14 heteroatoms. The third-order valence-electron chi connectivity index (χ3n) is 8.92. The number of ether oxygens (including phenoxy) is 3. The summed E-state index contributed by atoms with van der Waals surface area (Å²) in [6.07, 6.45) is 1.17. The minimum atomic E-state index is -1.84. The predicted octanol–water partition coefficient (Wildman–Crippen LogP) is 3.11. The summed E-state index contributed by atoms with van der Waals surface area (Å²) in [6, 6.07) is 3.21. The second-order valence-corrected chi connectivity index (χ2v) is 12.6. The maximum atomic E-state index is 14.9. The summed E-state index contributed by atoms with van der Waals surface area (Å²) in [7, 11) is 1.40. The first-order valence-electron chi connectivity index (χ1n) is 15.6. The highest BCUT2D eigenvalue weighted by atomic mass is 32.1. The van der Waals surface area contributed by atoms with E-state index in [-0.39, 0.29) is 31.4 Å². The lowest BCUT2D eigenvalue weighted by Gasteiger charge is -2.32. The van der Waals surface area contributed by atoms with Gasteiger partial charge in [-0.2, -0.15) is 0 Å². The molecule has 0 saturated carbocycles. The number of aliphatic hydroxyl groups is 1. The number of esters is 1. The number of aryl methyl sites for hydroxylation is 1. The van der Waals surface area contributed by atoms with E-state index in [9.17, 15) is 23.9 Å². The minimum Gasteiger partial charge on any atom is -0.494 e. The molecule has 3 aromatic rings. The van der Waals surface area contributed by atoms with Gasteiger partial charge in [-0.3, -0.25) is 9.59 Å². The highest BCUT2D eigenvalue weighted by molar-refractivity contribution is 7.71. The molecule has 2 aliphatic heterocycles. The van der Waals surface area contributed by atoms with Crippen molar-refractivity contribution in [3.05, 3.63) is 50.9 Å². The Balaban J connectivity index is 1.36. The maximum Gasteiger partial charge on any atom is 0.343 e. The molecule has 2 aromatic heterocycles. The molecule has 0 saturated heterocycles. The largest absolute Gasteiger partial charge is 0.494 e. The highest BCUT2D eigenvalue weighted by Crippen LogP contribution is 2.43. The molecule has 5 N–H and O–H groups in total. The van der Waals surface area contributed by atoms with Crippen molar-refractivity contribution in [2.24, 2.45) is 11.7 Å². The van der Waals surface area contributed by atoms with Gasteiger partial charge in [-0.1, -0.05) is 33.0 Å². The fraction of sp³-hybridized carbons (Fsp3) is 0.485. The van der Waals surface area contributed by atoms with E-state index >= 15 is 0 Å². The molecule has 12 nitrogen and oxygen atoms in total. The summed E-state index contributed by atoms with van der Waals surface area (Å²) in [5.74, 6) is -2.06. The van der Waals surface area contributed by atoms with Gasteiger partial charge in [-0.05, 0) is 49.8 Å². The van der Waals surface area contributed by atoms with E-state index < -0.39 is 41.3 Å². The molecule has 0 aliphatic carbocycles. The molecule has 3 atom stereocenters. The first-order valence-corrected chi connectivity index (χ1v) is 16.0. The average Bonchev–Trinajstić information content (AvgIpc) is 3.41. The number of hydrogen-bond acceptors (Lipinski definition) is 10. The summed E-state index contributed by atoms with van der Waals surface area (Å²) in [4.78, 5) is 42.1. The van der Waals surface area contributed by atoms with E-state index in [1.165, 1.54) is 13.2 Å². The summed E-state index contributed by atoms with van der Waals surface area (Å²) in [5.41, 5.74) is 8.41. The van der Waals surface area contributed by atoms with Crippen molar-refractivity contribution in [1.29, 1.82) is 0 Å². The summed E-state index contributed by atoms with van der Waals surface area (Å²) in [6.45, 7) is 7.50. The molecule has 0 fully saturated rings. The van der Waals surface area contributed by atoms with Crippen LogP contribution in [0.2, 0.25) is 0 Å². The highest BCUT2D eigenvalue weighted by Gasteiger charge is 2.45. The first kappa shape index (κ1) is 34.4. The van der Waals surface area contributed by atoms with Gasteiger partial charge >= 0.3 is 5.97 Å². The van der Waals surface area contributed by atoms with E-state index in [2.05, 4.69) is 10.6 Å². The summed E-state index contributed by atoms with van der Waals surface area (Å²) < 4.78 is 33.5. The van der Waals surface area contributed by atoms with Crippen LogP contribution in [0.25, 0.3) is 22.3 Å². The Morgan fingerprint density at radius 2 is 1.98 bits per heavy atom. The third kappa shape index (κ3) is 6.34. The Hall–Kier alpha value is -3.98. The fourth-order valence-electron chi connectivity index (χ4n) is 5.98. The fourth-order valence-corrected chi connectivity index (χ4v) is 6.31. The number of halogens is 1. The van der Waals surface area contributed by atoms with Crippen molar-refractivity contribution in [1.82, 2.24) is 20.2 Å². The van der Waals surface area contributed by atoms with Crippen molar-refractivity contribution in [3.63, 3.8) is 0 Å². The van der Waals surface area contributed by atoms with Crippen molar-refractivity contribution >= 4 is 40.9 Å². The number of fused-ring (bicyclic) bond motifs is 5.